The zero-order valence-corrected chi connectivity index (χ0v) is 12.8. The summed E-state index contributed by atoms with van der Waals surface area (Å²) in [7, 11) is 1.51. The summed E-state index contributed by atoms with van der Waals surface area (Å²) in [5.74, 6) is 0.358. The molecule has 0 atom stereocenters. The predicted octanol–water partition coefficient (Wildman–Crippen LogP) is 0.258. The van der Waals surface area contributed by atoms with Gasteiger partial charge in [-0.1, -0.05) is 0 Å². The van der Waals surface area contributed by atoms with Gasteiger partial charge in [0, 0.05) is 38.2 Å². The van der Waals surface area contributed by atoms with Gasteiger partial charge >= 0.3 is 0 Å². The van der Waals surface area contributed by atoms with E-state index in [-0.39, 0.29) is 36.4 Å². The minimum absolute atomic E-state index is 0.0801. The third kappa shape index (κ3) is 4.68. The molecule has 120 valence electrons. The number of hydrogen-bond acceptors (Lipinski definition) is 4. The Balaban J connectivity index is 1.73. The molecular formula is C15H27N3O3. The largest absolute Gasteiger partial charge is 0.375 e. The Morgan fingerprint density at radius 2 is 1.76 bits per heavy atom. The van der Waals surface area contributed by atoms with E-state index in [4.69, 9.17) is 10.5 Å². The highest BCUT2D eigenvalue weighted by Gasteiger charge is 2.30. The Bertz CT molecular complexity index is 359. The predicted molar refractivity (Wildman–Crippen MR) is 79.6 cm³/mol. The van der Waals surface area contributed by atoms with Crippen molar-refractivity contribution in [2.45, 2.75) is 50.6 Å². The molecule has 2 fully saturated rings. The number of ether oxygens (including phenoxy) is 1. The zero-order valence-electron chi connectivity index (χ0n) is 12.8. The van der Waals surface area contributed by atoms with Gasteiger partial charge in [0.15, 0.2) is 0 Å². The highest BCUT2D eigenvalue weighted by molar-refractivity contribution is 5.79. The maximum atomic E-state index is 12.5. The lowest BCUT2D eigenvalue weighted by Crippen LogP contribution is -2.49. The zero-order chi connectivity index (χ0) is 15.2. The molecule has 1 aliphatic heterocycles. The van der Waals surface area contributed by atoms with Crippen molar-refractivity contribution in [2.75, 3.05) is 26.8 Å². The molecule has 3 N–H and O–H groups in total. The van der Waals surface area contributed by atoms with E-state index in [0.29, 0.717) is 0 Å². The molecule has 1 heterocycles. The van der Waals surface area contributed by atoms with Crippen LogP contribution in [0.3, 0.4) is 0 Å². The Morgan fingerprint density at radius 3 is 2.33 bits per heavy atom. The minimum Gasteiger partial charge on any atom is -0.375 e. The van der Waals surface area contributed by atoms with Gasteiger partial charge in [-0.3, -0.25) is 9.59 Å². The third-order valence-electron chi connectivity index (χ3n) is 4.57. The van der Waals surface area contributed by atoms with Crippen molar-refractivity contribution in [3.05, 3.63) is 0 Å². The van der Waals surface area contributed by atoms with E-state index in [9.17, 15) is 9.59 Å². The summed E-state index contributed by atoms with van der Waals surface area (Å²) in [5, 5.41) is 2.95. The second-order valence-electron chi connectivity index (χ2n) is 6.21. The van der Waals surface area contributed by atoms with E-state index in [1.165, 1.54) is 7.11 Å². The second-order valence-corrected chi connectivity index (χ2v) is 6.21. The summed E-state index contributed by atoms with van der Waals surface area (Å²) in [5.41, 5.74) is 5.89. The van der Waals surface area contributed by atoms with Gasteiger partial charge < -0.3 is 20.7 Å². The Hall–Kier alpha value is -1.14. The van der Waals surface area contributed by atoms with Crippen LogP contribution in [0, 0.1) is 5.92 Å². The molecule has 0 bridgehead atoms. The standard InChI is InChI=1S/C15H27N3O3/c1-21-10-14(19)17-13-6-8-18(9-7-13)15(20)11-2-4-12(16)5-3-11/h11-13H,2-10,16H2,1H3,(H,17,19). The molecular weight excluding hydrogens is 270 g/mol. The van der Waals surface area contributed by atoms with Crippen LogP contribution in [-0.2, 0) is 14.3 Å². The fraction of sp³-hybridized carbons (Fsp3) is 0.867. The normalized spacial score (nSPS) is 27.4. The van der Waals surface area contributed by atoms with E-state index >= 15 is 0 Å². The molecule has 2 amide bonds. The first-order chi connectivity index (χ1) is 10.1. The summed E-state index contributed by atoms with van der Waals surface area (Å²) >= 11 is 0. The lowest BCUT2D eigenvalue weighted by atomic mass is 9.85. The van der Waals surface area contributed by atoms with Crippen LogP contribution in [0.2, 0.25) is 0 Å². The van der Waals surface area contributed by atoms with Gasteiger partial charge in [0.1, 0.15) is 6.61 Å². The number of methoxy groups -OCH3 is 1. The average Bonchev–Trinajstić information content (AvgIpc) is 2.48. The van der Waals surface area contributed by atoms with Crippen molar-refractivity contribution in [1.82, 2.24) is 10.2 Å². The highest BCUT2D eigenvalue weighted by atomic mass is 16.5. The molecule has 1 saturated carbocycles. The molecule has 0 aromatic heterocycles. The number of carbonyl (C=O) groups is 2. The number of nitrogens with zero attached hydrogens (tertiary/aromatic N) is 1. The average molecular weight is 297 g/mol. The number of hydrogen-bond donors (Lipinski definition) is 2. The van der Waals surface area contributed by atoms with Crippen LogP contribution in [0.1, 0.15) is 38.5 Å². The Labute approximate surface area is 126 Å². The molecule has 6 heteroatoms. The fourth-order valence-electron chi connectivity index (χ4n) is 3.27. The molecule has 2 aliphatic rings. The quantitative estimate of drug-likeness (QED) is 0.779. The third-order valence-corrected chi connectivity index (χ3v) is 4.57. The minimum atomic E-state index is -0.0801. The van der Waals surface area contributed by atoms with Gasteiger partial charge in [-0.25, -0.2) is 0 Å². The molecule has 1 saturated heterocycles. The van der Waals surface area contributed by atoms with Crippen LogP contribution in [0.4, 0.5) is 0 Å². The number of rotatable bonds is 4. The maximum Gasteiger partial charge on any atom is 0.246 e. The summed E-state index contributed by atoms with van der Waals surface area (Å²) < 4.78 is 4.81. The van der Waals surface area contributed by atoms with Crippen molar-refractivity contribution >= 4 is 11.8 Å². The van der Waals surface area contributed by atoms with Gasteiger partial charge in [-0.2, -0.15) is 0 Å². The van der Waals surface area contributed by atoms with Crippen LogP contribution in [-0.4, -0.2) is 55.6 Å². The lowest BCUT2D eigenvalue weighted by Gasteiger charge is -2.36. The molecule has 0 aromatic rings. The fourth-order valence-corrected chi connectivity index (χ4v) is 3.27. The lowest BCUT2D eigenvalue weighted by molar-refractivity contribution is -0.137. The maximum absolute atomic E-state index is 12.5. The van der Waals surface area contributed by atoms with Crippen molar-refractivity contribution < 1.29 is 14.3 Å². The van der Waals surface area contributed by atoms with Gasteiger partial charge in [0.05, 0.1) is 0 Å². The Morgan fingerprint density at radius 1 is 1.14 bits per heavy atom. The summed E-state index contributed by atoms with van der Waals surface area (Å²) in [6.45, 7) is 1.57. The van der Waals surface area contributed by atoms with Gasteiger partial charge in [0.2, 0.25) is 11.8 Å². The summed E-state index contributed by atoms with van der Waals surface area (Å²) in [6, 6.07) is 0.437. The van der Waals surface area contributed by atoms with Crippen LogP contribution in [0.15, 0.2) is 0 Å². The second kappa shape index (κ2) is 7.75. The molecule has 0 spiro atoms. The van der Waals surface area contributed by atoms with Crippen molar-refractivity contribution in [2.24, 2.45) is 11.7 Å². The number of piperidine rings is 1. The first kappa shape index (κ1) is 16.2. The molecule has 0 aromatic carbocycles. The molecule has 0 radical (unpaired) electrons. The van der Waals surface area contributed by atoms with Crippen molar-refractivity contribution in [3.63, 3.8) is 0 Å². The van der Waals surface area contributed by atoms with Crippen LogP contribution in [0.5, 0.6) is 0 Å². The number of amides is 2. The highest BCUT2D eigenvalue weighted by Crippen LogP contribution is 2.26. The van der Waals surface area contributed by atoms with E-state index in [1.807, 2.05) is 4.90 Å². The molecule has 2 rings (SSSR count). The number of nitrogens with one attached hydrogen (secondary N) is 1. The molecule has 1 aliphatic carbocycles. The smallest absolute Gasteiger partial charge is 0.246 e. The van der Waals surface area contributed by atoms with Gasteiger partial charge in [-0.05, 0) is 38.5 Å². The van der Waals surface area contributed by atoms with Crippen molar-refractivity contribution in [1.29, 1.82) is 0 Å². The summed E-state index contributed by atoms with van der Waals surface area (Å²) in [4.78, 5) is 25.9. The van der Waals surface area contributed by atoms with E-state index in [1.54, 1.807) is 0 Å². The SMILES string of the molecule is COCC(=O)NC1CCN(C(=O)C2CCC(N)CC2)CC1. The van der Waals surface area contributed by atoms with E-state index < -0.39 is 0 Å². The first-order valence-electron chi connectivity index (χ1n) is 7.92. The molecule has 0 unspecified atom stereocenters. The van der Waals surface area contributed by atoms with E-state index in [0.717, 1.165) is 51.6 Å². The van der Waals surface area contributed by atoms with Crippen LogP contribution >= 0.6 is 0 Å². The molecule has 21 heavy (non-hydrogen) atoms. The van der Waals surface area contributed by atoms with Crippen LogP contribution in [0.25, 0.3) is 0 Å². The topological polar surface area (TPSA) is 84.7 Å². The van der Waals surface area contributed by atoms with E-state index in [2.05, 4.69) is 5.32 Å². The Kier molecular flexibility index (Phi) is 5.99. The number of likely N-dealkylation sites (tertiary alicyclic amines) is 1. The van der Waals surface area contributed by atoms with Crippen molar-refractivity contribution in [3.8, 4) is 0 Å². The molecule has 6 nitrogen and oxygen atoms in total. The van der Waals surface area contributed by atoms with Gasteiger partial charge in [-0.15, -0.1) is 0 Å². The van der Waals surface area contributed by atoms with Gasteiger partial charge in [0.25, 0.3) is 0 Å². The van der Waals surface area contributed by atoms with Crippen LogP contribution < -0.4 is 11.1 Å². The first-order valence-corrected chi connectivity index (χ1v) is 7.92. The number of carbonyl (C=O) groups excluding carboxylic acids is 2. The summed E-state index contributed by atoms with van der Waals surface area (Å²) in [6.07, 6.45) is 5.41. The monoisotopic (exact) mass is 297 g/mol. The number of nitrogens with two attached hydrogens (primary N) is 1.